The smallest absolute Gasteiger partial charge is 0.159 e. The average Bonchev–Trinajstić information content (AvgIpc) is 2.36. The van der Waals surface area contributed by atoms with Crippen molar-refractivity contribution in [1.82, 2.24) is 0 Å². The quantitative estimate of drug-likeness (QED) is 0.868. The minimum atomic E-state index is 0.0360. The number of hydrogen-bond donors (Lipinski definition) is 1. The maximum absolute atomic E-state index is 11.7. The molecule has 1 aliphatic carbocycles. The van der Waals surface area contributed by atoms with Gasteiger partial charge >= 0.3 is 0 Å². The second kappa shape index (κ2) is 5.43. The van der Waals surface area contributed by atoms with E-state index in [9.17, 15) is 9.90 Å². The molecule has 20 heavy (non-hydrogen) atoms. The van der Waals surface area contributed by atoms with Crippen LogP contribution in [0.4, 0.5) is 0 Å². The van der Waals surface area contributed by atoms with Crippen LogP contribution in [0.2, 0.25) is 0 Å². The first-order chi connectivity index (χ1) is 9.36. The highest BCUT2D eigenvalue weighted by molar-refractivity contribution is 5.91. The lowest BCUT2D eigenvalue weighted by Gasteiger charge is -2.27. The highest BCUT2D eigenvalue weighted by Gasteiger charge is 2.26. The van der Waals surface area contributed by atoms with Crippen LogP contribution in [0.15, 0.2) is 11.8 Å². The molecule has 0 bridgehead atoms. The molecule has 1 aromatic carbocycles. The number of rotatable bonds is 2. The molecule has 1 unspecified atom stereocenters. The maximum Gasteiger partial charge on any atom is 0.159 e. The van der Waals surface area contributed by atoms with Crippen molar-refractivity contribution < 1.29 is 9.90 Å². The van der Waals surface area contributed by atoms with Gasteiger partial charge in [0.2, 0.25) is 0 Å². The van der Waals surface area contributed by atoms with Crippen molar-refractivity contribution in [2.24, 2.45) is 0 Å². The molecule has 2 nitrogen and oxygen atoms in total. The summed E-state index contributed by atoms with van der Waals surface area (Å²) in [5, 5.41) is 9.78. The molecule has 0 aliphatic heterocycles. The van der Waals surface area contributed by atoms with E-state index in [1.54, 1.807) is 0 Å². The van der Waals surface area contributed by atoms with Crippen molar-refractivity contribution in [2.75, 3.05) is 0 Å². The first-order valence-electron chi connectivity index (χ1n) is 7.38. The summed E-state index contributed by atoms with van der Waals surface area (Å²) in [4.78, 5) is 11.7. The molecule has 0 spiro atoms. The van der Waals surface area contributed by atoms with E-state index in [0.29, 0.717) is 12.8 Å². The van der Waals surface area contributed by atoms with Gasteiger partial charge in [0.1, 0.15) is 0 Å². The molecule has 2 rings (SSSR count). The lowest BCUT2D eigenvalue weighted by molar-refractivity contribution is -0.115. The van der Waals surface area contributed by atoms with E-state index in [-0.39, 0.29) is 17.5 Å². The van der Waals surface area contributed by atoms with Crippen LogP contribution in [-0.4, -0.2) is 10.9 Å². The molecule has 0 heterocycles. The van der Waals surface area contributed by atoms with Gasteiger partial charge in [0.05, 0.1) is 5.76 Å². The molecule has 0 saturated carbocycles. The maximum atomic E-state index is 11.7. The van der Waals surface area contributed by atoms with E-state index in [4.69, 9.17) is 0 Å². The van der Waals surface area contributed by atoms with Gasteiger partial charge in [-0.1, -0.05) is 6.92 Å². The molecule has 0 saturated heterocycles. The first kappa shape index (κ1) is 14.8. The number of hydrogen-bond acceptors (Lipinski definition) is 2. The topological polar surface area (TPSA) is 37.3 Å². The third-order valence-electron chi connectivity index (χ3n) is 4.83. The Morgan fingerprint density at radius 2 is 1.70 bits per heavy atom. The SMILES string of the molecule is CCc1c(C)c(C)c(C)c(C2CC(=O)C=C(O)C2)c1C. The minimum absolute atomic E-state index is 0.0360. The summed E-state index contributed by atoms with van der Waals surface area (Å²) in [6.45, 7) is 10.8. The molecule has 0 radical (unpaired) electrons. The number of ketones is 1. The van der Waals surface area contributed by atoms with Crippen LogP contribution in [0.25, 0.3) is 0 Å². The molecule has 2 heteroatoms. The molecule has 1 aliphatic rings. The summed E-state index contributed by atoms with van der Waals surface area (Å²) in [6, 6.07) is 0. The van der Waals surface area contributed by atoms with Gasteiger partial charge in [-0.15, -0.1) is 0 Å². The molecule has 1 aromatic rings. The molecule has 108 valence electrons. The Labute approximate surface area is 121 Å². The Balaban J connectivity index is 2.60. The monoisotopic (exact) mass is 272 g/mol. The van der Waals surface area contributed by atoms with E-state index in [1.165, 1.54) is 39.5 Å². The lowest BCUT2D eigenvalue weighted by Crippen LogP contribution is -2.16. The molecular formula is C18H24O2. The highest BCUT2D eigenvalue weighted by atomic mass is 16.3. The van der Waals surface area contributed by atoms with Crippen LogP contribution in [0.3, 0.4) is 0 Å². The van der Waals surface area contributed by atoms with Crippen LogP contribution in [0.5, 0.6) is 0 Å². The largest absolute Gasteiger partial charge is 0.512 e. The fraction of sp³-hybridized carbons (Fsp3) is 0.500. The second-order valence-corrected chi connectivity index (χ2v) is 5.95. The van der Waals surface area contributed by atoms with Crippen molar-refractivity contribution >= 4 is 5.78 Å². The van der Waals surface area contributed by atoms with Gasteiger partial charge in [-0.2, -0.15) is 0 Å². The average molecular weight is 272 g/mol. The zero-order valence-corrected chi connectivity index (χ0v) is 13.1. The van der Waals surface area contributed by atoms with Crippen LogP contribution in [-0.2, 0) is 11.2 Å². The number of allylic oxidation sites excluding steroid dienone is 2. The van der Waals surface area contributed by atoms with E-state index >= 15 is 0 Å². The third kappa shape index (κ3) is 2.39. The zero-order chi connectivity index (χ0) is 15.0. The Morgan fingerprint density at radius 1 is 1.05 bits per heavy atom. The fourth-order valence-corrected chi connectivity index (χ4v) is 3.65. The summed E-state index contributed by atoms with van der Waals surface area (Å²) >= 11 is 0. The first-order valence-corrected chi connectivity index (χ1v) is 7.38. The van der Waals surface area contributed by atoms with Gasteiger partial charge in [0, 0.05) is 18.9 Å². The van der Waals surface area contributed by atoms with Crippen molar-refractivity contribution in [3.05, 3.63) is 45.2 Å². The summed E-state index contributed by atoms with van der Waals surface area (Å²) in [5.41, 5.74) is 7.95. The summed E-state index contributed by atoms with van der Waals surface area (Å²) in [7, 11) is 0. The van der Waals surface area contributed by atoms with Gasteiger partial charge < -0.3 is 5.11 Å². The minimum Gasteiger partial charge on any atom is -0.512 e. The van der Waals surface area contributed by atoms with Crippen LogP contribution < -0.4 is 0 Å². The summed E-state index contributed by atoms with van der Waals surface area (Å²) < 4.78 is 0. The van der Waals surface area contributed by atoms with Crippen molar-refractivity contribution in [2.45, 2.75) is 59.8 Å². The number of aliphatic hydroxyl groups excluding tert-OH is 1. The van der Waals surface area contributed by atoms with Crippen molar-refractivity contribution in [3.63, 3.8) is 0 Å². The second-order valence-electron chi connectivity index (χ2n) is 5.95. The van der Waals surface area contributed by atoms with E-state index in [0.717, 1.165) is 6.42 Å². The number of carbonyl (C=O) groups excluding carboxylic acids is 1. The number of carbonyl (C=O) groups is 1. The van der Waals surface area contributed by atoms with Gasteiger partial charge in [0.15, 0.2) is 5.78 Å². The van der Waals surface area contributed by atoms with Gasteiger partial charge in [-0.25, -0.2) is 0 Å². The number of aliphatic hydroxyl groups is 1. The third-order valence-corrected chi connectivity index (χ3v) is 4.83. The Hall–Kier alpha value is -1.57. The molecule has 1 atom stereocenters. The standard InChI is InChI=1S/C18H24O2/c1-6-17-11(3)10(2)12(4)18(13(17)5)14-7-15(19)9-16(20)8-14/h9,14,19H,6-8H2,1-5H3. The predicted octanol–water partition coefficient (Wildman–Crippen LogP) is 4.37. The Kier molecular flexibility index (Phi) is 4.03. The highest BCUT2D eigenvalue weighted by Crippen LogP contribution is 2.38. The molecule has 1 N–H and O–H groups in total. The van der Waals surface area contributed by atoms with Crippen molar-refractivity contribution in [1.29, 1.82) is 0 Å². The molecule has 0 amide bonds. The Morgan fingerprint density at radius 3 is 2.25 bits per heavy atom. The van der Waals surface area contributed by atoms with E-state index in [1.807, 2.05) is 0 Å². The van der Waals surface area contributed by atoms with Gasteiger partial charge in [0.25, 0.3) is 0 Å². The summed E-state index contributed by atoms with van der Waals surface area (Å²) in [6.07, 6.45) is 3.48. The number of benzene rings is 1. The van der Waals surface area contributed by atoms with E-state index in [2.05, 4.69) is 34.6 Å². The van der Waals surface area contributed by atoms with Crippen LogP contribution in [0.1, 0.15) is 59.1 Å². The lowest BCUT2D eigenvalue weighted by atomic mass is 9.77. The van der Waals surface area contributed by atoms with Gasteiger partial charge in [-0.05, 0) is 73.4 Å². The fourth-order valence-electron chi connectivity index (χ4n) is 3.65. The normalized spacial score (nSPS) is 19.1. The molecular weight excluding hydrogens is 248 g/mol. The molecule has 0 fully saturated rings. The van der Waals surface area contributed by atoms with Crippen LogP contribution in [0, 0.1) is 27.7 Å². The van der Waals surface area contributed by atoms with Crippen molar-refractivity contribution in [3.8, 4) is 0 Å². The van der Waals surface area contributed by atoms with Crippen LogP contribution >= 0.6 is 0 Å². The van der Waals surface area contributed by atoms with Gasteiger partial charge in [-0.3, -0.25) is 4.79 Å². The summed E-state index contributed by atoms with van der Waals surface area (Å²) in [5.74, 6) is 0.382. The Bertz CT molecular complexity index is 594. The van der Waals surface area contributed by atoms with E-state index < -0.39 is 0 Å². The predicted molar refractivity (Wildman–Crippen MR) is 82.5 cm³/mol. The molecule has 0 aromatic heterocycles. The zero-order valence-electron chi connectivity index (χ0n) is 13.1.